The van der Waals surface area contributed by atoms with Gasteiger partial charge in [0.1, 0.15) is 6.29 Å². The minimum Gasteiger partial charge on any atom is -0.306 e. The van der Waals surface area contributed by atoms with E-state index >= 15 is 0 Å². The third kappa shape index (κ3) is 2.26. The zero-order chi connectivity index (χ0) is 11.4. The molecular weight excluding hydrogens is 202 g/mol. The van der Waals surface area contributed by atoms with E-state index in [9.17, 15) is 4.79 Å². The van der Waals surface area contributed by atoms with Crippen LogP contribution in [0.5, 0.6) is 0 Å². The summed E-state index contributed by atoms with van der Waals surface area (Å²) in [5.74, 6) is 0. The lowest BCUT2D eigenvalue weighted by atomic mass is 10.1. The first-order valence-corrected chi connectivity index (χ1v) is 6.19. The van der Waals surface area contributed by atoms with Crippen LogP contribution >= 0.6 is 0 Å². The van der Waals surface area contributed by atoms with E-state index in [1.54, 1.807) is 0 Å². The van der Waals surface area contributed by atoms with Gasteiger partial charge in [0.05, 0.1) is 18.7 Å². The highest BCUT2D eigenvalue weighted by Gasteiger charge is 2.37. The molecule has 0 radical (unpaired) electrons. The summed E-state index contributed by atoms with van der Waals surface area (Å²) in [5.41, 5.74) is 0. The molecule has 0 bridgehead atoms. The molecule has 4 nitrogen and oxygen atoms in total. The molecule has 0 amide bonds. The molecule has 2 fully saturated rings. The summed E-state index contributed by atoms with van der Waals surface area (Å²) in [7, 11) is 0. The first-order chi connectivity index (χ1) is 7.86. The molecular formula is C12H19N3O. The second-order valence-corrected chi connectivity index (χ2v) is 4.70. The molecule has 0 spiro atoms. The van der Waals surface area contributed by atoms with Crippen molar-refractivity contribution in [3.05, 3.63) is 0 Å². The highest BCUT2D eigenvalue weighted by atomic mass is 16.1. The number of nitrogens with one attached hydrogen (secondary N) is 1. The van der Waals surface area contributed by atoms with E-state index in [0.717, 1.165) is 38.5 Å². The van der Waals surface area contributed by atoms with Crippen molar-refractivity contribution in [2.24, 2.45) is 0 Å². The van der Waals surface area contributed by atoms with E-state index < -0.39 is 0 Å². The molecule has 0 aromatic rings. The van der Waals surface area contributed by atoms with E-state index in [0.29, 0.717) is 18.6 Å². The summed E-state index contributed by atoms with van der Waals surface area (Å²) < 4.78 is 0. The number of hydrogen-bond acceptors (Lipinski definition) is 4. The van der Waals surface area contributed by atoms with Gasteiger partial charge in [-0.2, -0.15) is 5.26 Å². The molecule has 2 aliphatic rings. The Bertz CT molecular complexity index is 286. The second kappa shape index (κ2) is 5.42. The maximum atomic E-state index is 10.4. The summed E-state index contributed by atoms with van der Waals surface area (Å²) in [5, 5.41) is 12.4. The summed E-state index contributed by atoms with van der Waals surface area (Å²) >= 11 is 0. The van der Waals surface area contributed by atoms with Crippen LogP contribution in [0.3, 0.4) is 0 Å². The van der Waals surface area contributed by atoms with Crippen LogP contribution in [0.1, 0.15) is 32.1 Å². The largest absolute Gasteiger partial charge is 0.306 e. The fourth-order valence-corrected chi connectivity index (χ4v) is 3.10. The minimum atomic E-state index is 0.101. The Kier molecular flexibility index (Phi) is 3.92. The Morgan fingerprint density at radius 3 is 3.00 bits per heavy atom. The standard InChI is InChI=1S/C12H19N3O/c13-9-10-3-2-7-15(10)12-5-1-4-11(12)14-6-8-16/h8,10-12,14H,1-7H2/t10-,11?,12?/m0/s1. The minimum absolute atomic E-state index is 0.101. The zero-order valence-corrected chi connectivity index (χ0v) is 9.56. The number of nitrogens with zero attached hydrogens (tertiary/aromatic N) is 2. The number of rotatable bonds is 4. The predicted molar refractivity (Wildman–Crippen MR) is 60.8 cm³/mol. The Morgan fingerprint density at radius 2 is 2.25 bits per heavy atom. The summed E-state index contributed by atoms with van der Waals surface area (Å²) in [6.45, 7) is 1.48. The normalized spacial score (nSPS) is 35.1. The first kappa shape index (κ1) is 11.6. The lowest BCUT2D eigenvalue weighted by Gasteiger charge is -2.31. The lowest BCUT2D eigenvalue weighted by molar-refractivity contribution is -0.107. The topological polar surface area (TPSA) is 56.1 Å². The summed E-state index contributed by atoms with van der Waals surface area (Å²) in [6.07, 6.45) is 6.56. The van der Waals surface area contributed by atoms with E-state index in [1.807, 2.05) is 0 Å². The molecule has 88 valence electrons. The van der Waals surface area contributed by atoms with Gasteiger partial charge in [0.15, 0.2) is 0 Å². The molecule has 16 heavy (non-hydrogen) atoms. The summed E-state index contributed by atoms with van der Waals surface area (Å²) in [6, 6.07) is 3.36. The zero-order valence-electron chi connectivity index (χ0n) is 9.56. The van der Waals surface area contributed by atoms with Crippen molar-refractivity contribution >= 4 is 6.29 Å². The SMILES string of the molecule is N#C[C@@H]1CCCN1C1CCCC1NCC=O. The Balaban J connectivity index is 1.96. The van der Waals surface area contributed by atoms with Gasteiger partial charge in [-0.1, -0.05) is 6.42 Å². The molecule has 2 unspecified atom stereocenters. The first-order valence-electron chi connectivity index (χ1n) is 6.19. The van der Waals surface area contributed by atoms with Crippen LogP contribution in [0.2, 0.25) is 0 Å². The molecule has 0 aromatic heterocycles. The van der Waals surface area contributed by atoms with E-state index in [1.165, 1.54) is 6.42 Å². The predicted octanol–water partition coefficient (Wildman–Crippen LogP) is 0.684. The number of carbonyl (C=O) groups excluding carboxylic acids is 1. The molecule has 1 saturated carbocycles. The van der Waals surface area contributed by atoms with Crippen LogP contribution in [-0.4, -0.2) is 42.4 Å². The molecule has 2 rings (SSSR count). The fraction of sp³-hybridized carbons (Fsp3) is 0.833. The number of hydrogen-bond donors (Lipinski definition) is 1. The van der Waals surface area contributed by atoms with E-state index in [4.69, 9.17) is 5.26 Å². The van der Waals surface area contributed by atoms with E-state index in [-0.39, 0.29) is 6.04 Å². The van der Waals surface area contributed by atoms with Crippen molar-refractivity contribution in [3.8, 4) is 6.07 Å². The van der Waals surface area contributed by atoms with Gasteiger partial charge in [-0.15, -0.1) is 0 Å². The number of carbonyl (C=O) groups is 1. The molecule has 4 heteroatoms. The van der Waals surface area contributed by atoms with Crippen LogP contribution in [-0.2, 0) is 4.79 Å². The molecule has 1 saturated heterocycles. The molecule has 1 aliphatic carbocycles. The van der Waals surface area contributed by atoms with Crippen molar-refractivity contribution in [2.75, 3.05) is 13.1 Å². The van der Waals surface area contributed by atoms with Crippen LogP contribution in [0.15, 0.2) is 0 Å². The number of nitriles is 1. The quantitative estimate of drug-likeness (QED) is 0.709. The molecule has 1 heterocycles. The van der Waals surface area contributed by atoms with Crippen molar-refractivity contribution < 1.29 is 4.79 Å². The maximum Gasteiger partial charge on any atom is 0.133 e. The Hall–Kier alpha value is -0.920. The van der Waals surface area contributed by atoms with Gasteiger partial charge < -0.3 is 10.1 Å². The third-order valence-electron chi connectivity index (χ3n) is 3.81. The van der Waals surface area contributed by atoms with Gasteiger partial charge in [0.2, 0.25) is 0 Å². The lowest BCUT2D eigenvalue weighted by Crippen LogP contribution is -2.48. The Morgan fingerprint density at radius 1 is 1.38 bits per heavy atom. The number of aldehydes is 1. The average Bonchev–Trinajstić information content (AvgIpc) is 2.93. The highest BCUT2D eigenvalue weighted by molar-refractivity contribution is 5.51. The average molecular weight is 221 g/mol. The van der Waals surface area contributed by atoms with Gasteiger partial charge in [-0.05, 0) is 32.2 Å². The van der Waals surface area contributed by atoms with Crippen LogP contribution < -0.4 is 5.32 Å². The monoisotopic (exact) mass is 221 g/mol. The molecule has 0 aromatic carbocycles. The Labute approximate surface area is 96.6 Å². The molecule has 3 atom stereocenters. The smallest absolute Gasteiger partial charge is 0.133 e. The summed E-state index contributed by atoms with van der Waals surface area (Å²) in [4.78, 5) is 12.7. The van der Waals surface area contributed by atoms with Gasteiger partial charge >= 0.3 is 0 Å². The van der Waals surface area contributed by atoms with E-state index in [2.05, 4.69) is 16.3 Å². The van der Waals surface area contributed by atoms with Gasteiger partial charge in [-0.25, -0.2) is 0 Å². The van der Waals surface area contributed by atoms with Crippen LogP contribution in [0, 0.1) is 11.3 Å². The van der Waals surface area contributed by atoms with Crippen molar-refractivity contribution in [1.29, 1.82) is 5.26 Å². The van der Waals surface area contributed by atoms with Crippen molar-refractivity contribution in [2.45, 2.75) is 50.2 Å². The van der Waals surface area contributed by atoms with Gasteiger partial charge in [0.25, 0.3) is 0 Å². The third-order valence-corrected chi connectivity index (χ3v) is 3.81. The fourth-order valence-electron chi connectivity index (χ4n) is 3.10. The second-order valence-electron chi connectivity index (χ2n) is 4.70. The van der Waals surface area contributed by atoms with Gasteiger partial charge in [-0.3, -0.25) is 4.90 Å². The van der Waals surface area contributed by atoms with Gasteiger partial charge in [0, 0.05) is 12.1 Å². The highest BCUT2D eigenvalue weighted by Crippen LogP contribution is 2.30. The molecule has 1 N–H and O–H groups in total. The van der Waals surface area contributed by atoms with Crippen LogP contribution in [0.25, 0.3) is 0 Å². The molecule has 1 aliphatic heterocycles. The van der Waals surface area contributed by atoms with Crippen LogP contribution in [0.4, 0.5) is 0 Å². The van der Waals surface area contributed by atoms with Crippen molar-refractivity contribution in [3.63, 3.8) is 0 Å². The number of likely N-dealkylation sites (tertiary alicyclic amines) is 1. The maximum absolute atomic E-state index is 10.4. The van der Waals surface area contributed by atoms with Crippen molar-refractivity contribution in [1.82, 2.24) is 10.2 Å².